The molecule has 0 fully saturated rings. The quantitative estimate of drug-likeness (QED) is 0.939. The highest BCUT2D eigenvalue weighted by Crippen LogP contribution is 2.24. The first-order valence-corrected chi connectivity index (χ1v) is 7.67. The van der Waals surface area contributed by atoms with Crippen molar-refractivity contribution in [2.45, 2.75) is 4.90 Å². The fourth-order valence-electron chi connectivity index (χ4n) is 1.62. The van der Waals surface area contributed by atoms with E-state index in [9.17, 15) is 17.6 Å². The molecule has 0 aliphatic carbocycles. The lowest BCUT2D eigenvalue weighted by Gasteiger charge is -2.07. The van der Waals surface area contributed by atoms with Crippen molar-refractivity contribution in [1.29, 1.82) is 0 Å². The van der Waals surface area contributed by atoms with E-state index in [0.717, 1.165) is 18.4 Å². The van der Waals surface area contributed by atoms with E-state index in [1.807, 2.05) is 0 Å². The van der Waals surface area contributed by atoms with Crippen LogP contribution < -0.4 is 4.74 Å². The summed E-state index contributed by atoms with van der Waals surface area (Å²) in [4.78, 5) is 10.8. The van der Waals surface area contributed by atoms with Crippen LogP contribution in [0.15, 0.2) is 47.4 Å². The van der Waals surface area contributed by atoms with Crippen LogP contribution in [0.2, 0.25) is 0 Å². The second kappa shape index (κ2) is 5.53. The van der Waals surface area contributed by atoms with Crippen molar-refractivity contribution < 1.29 is 27.4 Å². The maximum atomic E-state index is 13.5. The van der Waals surface area contributed by atoms with Crippen LogP contribution in [0.1, 0.15) is 10.4 Å². The Morgan fingerprint density at radius 3 is 2.14 bits per heavy atom. The Bertz CT molecular complexity index is 782. The molecule has 0 radical (unpaired) electrons. The lowest BCUT2D eigenvalue weighted by atomic mass is 10.2. The number of halogens is 1. The van der Waals surface area contributed by atoms with Crippen LogP contribution >= 0.6 is 0 Å². The minimum absolute atomic E-state index is 0.115. The monoisotopic (exact) mass is 310 g/mol. The van der Waals surface area contributed by atoms with Gasteiger partial charge in [-0.25, -0.2) is 17.6 Å². The second-order valence-electron chi connectivity index (χ2n) is 4.29. The van der Waals surface area contributed by atoms with Gasteiger partial charge in [-0.2, -0.15) is 0 Å². The molecule has 7 heteroatoms. The van der Waals surface area contributed by atoms with E-state index in [0.29, 0.717) is 5.75 Å². The molecule has 0 aromatic heterocycles. The molecule has 2 aromatic rings. The van der Waals surface area contributed by atoms with Crippen molar-refractivity contribution >= 4 is 15.8 Å². The Morgan fingerprint density at radius 1 is 1.10 bits per heavy atom. The molecule has 0 saturated heterocycles. The molecule has 0 spiro atoms. The fourth-order valence-corrected chi connectivity index (χ4v) is 2.25. The fraction of sp³-hybridized carbons (Fsp3) is 0.0714. The van der Waals surface area contributed by atoms with E-state index in [1.165, 1.54) is 30.3 Å². The van der Waals surface area contributed by atoms with Gasteiger partial charge in [0.25, 0.3) is 0 Å². The van der Waals surface area contributed by atoms with Crippen LogP contribution in [0.5, 0.6) is 11.5 Å². The molecule has 2 rings (SSSR count). The van der Waals surface area contributed by atoms with Crippen molar-refractivity contribution in [1.82, 2.24) is 0 Å². The third kappa shape index (κ3) is 3.57. The zero-order valence-corrected chi connectivity index (χ0v) is 11.7. The minimum Gasteiger partial charge on any atom is -0.478 e. The largest absolute Gasteiger partial charge is 0.478 e. The Balaban J connectivity index is 2.23. The number of carbonyl (C=O) groups is 1. The van der Waals surface area contributed by atoms with Crippen LogP contribution in [0, 0.1) is 5.82 Å². The average Bonchev–Trinajstić information content (AvgIpc) is 2.38. The van der Waals surface area contributed by atoms with Gasteiger partial charge in [0.1, 0.15) is 17.3 Å². The van der Waals surface area contributed by atoms with Crippen molar-refractivity contribution in [3.8, 4) is 11.5 Å². The Kier molecular flexibility index (Phi) is 3.95. The highest BCUT2D eigenvalue weighted by atomic mass is 32.2. The van der Waals surface area contributed by atoms with Gasteiger partial charge in [-0.1, -0.05) is 0 Å². The standard InChI is InChI=1S/C14H11FO5S/c1-21(18,19)11-5-2-9(3-6-11)20-10-4-7-12(14(16)17)13(15)8-10/h2-8H,1H3,(H,16,17). The van der Waals surface area contributed by atoms with Gasteiger partial charge in [-0.05, 0) is 36.4 Å². The summed E-state index contributed by atoms with van der Waals surface area (Å²) >= 11 is 0. The summed E-state index contributed by atoms with van der Waals surface area (Å²) in [6, 6.07) is 8.96. The summed E-state index contributed by atoms with van der Waals surface area (Å²) in [6.07, 6.45) is 1.09. The number of benzene rings is 2. The van der Waals surface area contributed by atoms with Gasteiger partial charge in [0, 0.05) is 12.3 Å². The third-order valence-electron chi connectivity index (χ3n) is 2.66. The predicted octanol–water partition coefficient (Wildman–Crippen LogP) is 2.72. The summed E-state index contributed by atoms with van der Waals surface area (Å²) in [7, 11) is -3.30. The molecule has 110 valence electrons. The molecule has 0 saturated carbocycles. The summed E-state index contributed by atoms with van der Waals surface area (Å²) in [6.45, 7) is 0. The third-order valence-corrected chi connectivity index (χ3v) is 3.79. The number of sulfone groups is 1. The van der Waals surface area contributed by atoms with Gasteiger partial charge in [0.05, 0.1) is 10.5 Å². The van der Waals surface area contributed by atoms with Crippen molar-refractivity contribution in [3.05, 3.63) is 53.8 Å². The van der Waals surface area contributed by atoms with Crippen LogP contribution in [-0.2, 0) is 9.84 Å². The van der Waals surface area contributed by atoms with Crippen LogP contribution in [0.4, 0.5) is 4.39 Å². The van der Waals surface area contributed by atoms with E-state index < -0.39 is 27.2 Å². The van der Waals surface area contributed by atoms with Crippen molar-refractivity contribution in [3.63, 3.8) is 0 Å². The molecule has 0 aliphatic heterocycles. The minimum atomic E-state index is -3.30. The molecule has 0 amide bonds. The van der Waals surface area contributed by atoms with Gasteiger partial charge < -0.3 is 9.84 Å². The molecular formula is C14H11FO5S. The first kappa shape index (κ1) is 15.0. The highest BCUT2D eigenvalue weighted by Gasteiger charge is 2.11. The summed E-state index contributed by atoms with van der Waals surface area (Å²) in [5.41, 5.74) is -0.449. The molecule has 0 atom stereocenters. The lowest BCUT2D eigenvalue weighted by molar-refractivity contribution is 0.0692. The van der Waals surface area contributed by atoms with E-state index in [4.69, 9.17) is 9.84 Å². The van der Waals surface area contributed by atoms with Gasteiger partial charge in [-0.3, -0.25) is 0 Å². The SMILES string of the molecule is CS(=O)(=O)c1ccc(Oc2ccc(C(=O)O)c(F)c2)cc1. The van der Waals surface area contributed by atoms with Gasteiger partial charge in [0.15, 0.2) is 9.84 Å². The van der Waals surface area contributed by atoms with E-state index in [2.05, 4.69) is 0 Å². The second-order valence-corrected chi connectivity index (χ2v) is 6.31. The van der Waals surface area contributed by atoms with Crippen LogP contribution in [-0.4, -0.2) is 25.7 Å². The molecule has 0 unspecified atom stereocenters. The zero-order chi connectivity index (χ0) is 15.6. The van der Waals surface area contributed by atoms with E-state index >= 15 is 0 Å². The number of carboxylic acids is 1. The zero-order valence-electron chi connectivity index (χ0n) is 10.9. The lowest BCUT2D eigenvalue weighted by Crippen LogP contribution is -2.00. The normalized spacial score (nSPS) is 11.1. The number of rotatable bonds is 4. The van der Waals surface area contributed by atoms with Crippen LogP contribution in [0.3, 0.4) is 0 Å². The Labute approximate surface area is 120 Å². The topological polar surface area (TPSA) is 80.7 Å². The molecule has 0 aliphatic rings. The van der Waals surface area contributed by atoms with Crippen LogP contribution in [0.25, 0.3) is 0 Å². The number of hydrogen-bond acceptors (Lipinski definition) is 4. The molecule has 5 nitrogen and oxygen atoms in total. The van der Waals surface area contributed by atoms with E-state index in [1.54, 1.807) is 0 Å². The maximum Gasteiger partial charge on any atom is 0.338 e. The van der Waals surface area contributed by atoms with Crippen molar-refractivity contribution in [2.24, 2.45) is 0 Å². The number of hydrogen-bond donors (Lipinski definition) is 1. The molecule has 2 aromatic carbocycles. The molecular weight excluding hydrogens is 299 g/mol. The van der Waals surface area contributed by atoms with Gasteiger partial charge >= 0.3 is 5.97 Å². The Morgan fingerprint density at radius 2 is 1.67 bits per heavy atom. The summed E-state index contributed by atoms with van der Waals surface area (Å²) < 4.78 is 41.4. The number of carboxylic acid groups (broad SMARTS) is 1. The van der Waals surface area contributed by atoms with E-state index in [-0.39, 0.29) is 10.6 Å². The highest BCUT2D eigenvalue weighted by molar-refractivity contribution is 7.90. The Hall–Kier alpha value is -2.41. The van der Waals surface area contributed by atoms with Gasteiger partial charge in [-0.15, -0.1) is 0 Å². The maximum absolute atomic E-state index is 13.5. The predicted molar refractivity (Wildman–Crippen MR) is 73.0 cm³/mol. The first-order chi connectivity index (χ1) is 9.77. The molecule has 0 bridgehead atoms. The smallest absolute Gasteiger partial charge is 0.338 e. The van der Waals surface area contributed by atoms with Gasteiger partial charge in [0.2, 0.25) is 0 Å². The molecule has 1 N–H and O–H groups in total. The summed E-state index contributed by atoms with van der Waals surface area (Å²) in [5, 5.41) is 8.72. The molecule has 21 heavy (non-hydrogen) atoms. The average molecular weight is 310 g/mol. The number of ether oxygens (including phenoxy) is 1. The summed E-state index contributed by atoms with van der Waals surface area (Å²) in [5.74, 6) is -1.85. The molecule has 0 heterocycles. The van der Waals surface area contributed by atoms with Crippen molar-refractivity contribution in [2.75, 3.05) is 6.26 Å². The number of aromatic carboxylic acids is 1. The first-order valence-electron chi connectivity index (χ1n) is 5.78.